The zero-order chi connectivity index (χ0) is 20.4. The van der Waals surface area contributed by atoms with Crippen LogP contribution >= 0.6 is 0 Å². The molecule has 2 unspecified atom stereocenters. The molecule has 6 atom stereocenters. The molecule has 4 heteroatoms. The fourth-order valence-electron chi connectivity index (χ4n) is 7.16. The summed E-state index contributed by atoms with van der Waals surface area (Å²) in [6, 6.07) is 3.18. The zero-order valence-corrected chi connectivity index (χ0v) is 17.5. The lowest BCUT2D eigenvalue weighted by atomic mass is 9.46. The maximum absolute atomic E-state index is 13.3. The zero-order valence-electron chi connectivity index (χ0n) is 17.5. The molecule has 5 rings (SSSR count). The SMILES string of the molecule is CC1C[C@H]2C3=CC=C(c4ccc(F)nc4)[C@@]3(C)CC[C@@H]2[C@@]2(C)CCC(N=O)C=C12. The number of hydrogen-bond donors (Lipinski definition) is 0. The summed E-state index contributed by atoms with van der Waals surface area (Å²) >= 11 is 0. The van der Waals surface area contributed by atoms with Gasteiger partial charge in [0.15, 0.2) is 0 Å². The van der Waals surface area contributed by atoms with Gasteiger partial charge in [-0.1, -0.05) is 55.3 Å². The van der Waals surface area contributed by atoms with Crippen molar-refractivity contribution >= 4 is 5.57 Å². The lowest BCUT2D eigenvalue weighted by Gasteiger charge is -2.58. The van der Waals surface area contributed by atoms with Gasteiger partial charge in [0, 0.05) is 11.6 Å². The van der Waals surface area contributed by atoms with E-state index in [2.05, 4.69) is 49.2 Å². The molecule has 2 saturated carbocycles. The summed E-state index contributed by atoms with van der Waals surface area (Å²) in [4.78, 5) is 15.1. The van der Waals surface area contributed by atoms with Gasteiger partial charge in [-0.15, -0.1) is 0 Å². The molecule has 1 aromatic heterocycles. The number of pyridine rings is 1. The predicted octanol–water partition coefficient (Wildman–Crippen LogP) is 6.48. The highest BCUT2D eigenvalue weighted by molar-refractivity contribution is 5.78. The molecule has 2 fully saturated rings. The van der Waals surface area contributed by atoms with Crippen LogP contribution in [0.3, 0.4) is 0 Å². The molecule has 1 heterocycles. The number of nitroso groups, excluding NO2 is 1. The number of nitrogens with zero attached hydrogens (tertiary/aromatic N) is 2. The smallest absolute Gasteiger partial charge is 0.212 e. The second kappa shape index (κ2) is 6.45. The molecule has 0 spiro atoms. The first-order valence-electron chi connectivity index (χ1n) is 11.0. The molecule has 29 heavy (non-hydrogen) atoms. The van der Waals surface area contributed by atoms with Crippen LogP contribution in [0.4, 0.5) is 4.39 Å². The molecule has 0 bridgehead atoms. The minimum atomic E-state index is -0.428. The van der Waals surface area contributed by atoms with Crippen molar-refractivity contribution in [2.24, 2.45) is 33.8 Å². The Kier molecular flexibility index (Phi) is 4.20. The summed E-state index contributed by atoms with van der Waals surface area (Å²) in [5, 5.41) is 3.34. The van der Waals surface area contributed by atoms with E-state index in [1.165, 1.54) is 23.6 Å². The van der Waals surface area contributed by atoms with Gasteiger partial charge < -0.3 is 0 Å². The average molecular weight is 393 g/mol. The van der Waals surface area contributed by atoms with Crippen LogP contribution in [0.25, 0.3) is 5.57 Å². The molecule has 3 nitrogen and oxygen atoms in total. The number of halogens is 1. The molecule has 4 aliphatic carbocycles. The van der Waals surface area contributed by atoms with Crippen LogP contribution in [0.2, 0.25) is 0 Å². The minimum Gasteiger partial charge on any atom is -0.228 e. The van der Waals surface area contributed by atoms with Gasteiger partial charge in [0.1, 0.15) is 6.04 Å². The summed E-state index contributed by atoms with van der Waals surface area (Å²) < 4.78 is 13.3. The Labute approximate surface area is 172 Å². The highest BCUT2D eigenvalue weighted by Gasteiger charge is 2.56. The molecule has 0 N–H and O–H groups in total. The third kappa shape index (κ3) is 2.64. The lowest BCUT2D eigenvalue weighted by molar-refractivity contribution is 0.0460. The summed E-state index contributed by atoms with van der Waals surface area (Å²) in [6.45, 7) is 7.12. The van der Waals surface area contributed by atoms with Crippen molar-refractivity contribution in [3.05, 3.63) is 64.1 Å². The maximum Gasteiger partial charge on any atom is 0.212 e. The Hall–Kier alpha value is -2.10. The second-order valence-electron chi connectivity index (χ2n) is 10.0. The normalized spacial score (nSPS) is 40.8. The van der Waals surface area contributed by atoms with Crippen LogP contribution in [0.15, 0.2) is 52.9 Å². The molecule has 152 valence electrons. The van der Waals surface area contributed by atoms with Crippen LogP contribution in [0.1, 0.15) is 58.4 Å². The number of fused-ring (bicyclic) bond motifs is 5. The number of allylic oxidation sites excluding steroid dienone is 5. The number of aromatic nitrogens is 1. The van der Waals surface area contributed by atoms with Gasteiger partial charge in [-0.2, -0.15) is 9.30 Å². The second-order valence-corrected chi connectivity index (χ2v) is 10.0. The summed E-state index contributed by atoms with van der Waals surface area (Å²) in [6.07, 6.45) is 13.8. The van der Waals surface area contributed by atoms with Crippen molar-refractivity contribution in [3.8, 4) is 0 Å². The Morgan fingerprint density at radius 3 is 2.69 bits per heavy atom. The van der Waals surface area contributed by atoms with Gasteiger partial charge in [-0.25, -0.2) is 4.98 Å². The van der Waals surface area contributed by atoms with Gasteiger partial charge >= 0.3 is 0 Å². The van der Waals surface area contributed by atoms with E-state index in [1.54, 1.807) is 11.8 Å². The average Bonchev–Trinajstić information content (AvgIpc) is 3.06. The standard InChI is InChI=1S/C25H29FN2O/c1-15-12-18-20-6-5-19(16-4-7-23(26)27-14-16)24(20,2)11-9-21(18)25(3)10-8-17(28-29)13-22(15)25/h4-7,13-15,17-18,21H,8-12H2,1-3H3/t15?,17?,18-,21-,24+,25+/m0/s1. The Morgan fingerprint density at radius 2 is 1.97 bits per heavy atom. The van der Waals surface area contributed by atoms with E-state index in [1.807, 2.05) is 6.07 Å². The first-order valence-corrected chi connectivity index (χ1v) is 11.0. The summed E-state index contributed by atoms with van der Waals surface area (Å²) in [5.74, 6) is 1.23. The first-order chi connectivity index (χ1) is 13.9. The third-order valence-electron chi connectivity index (χ3n) is 8.62. The maximum atomic E-state index is 13.3. The van der Waals surface area contributed by atoms with Crippen molar-refractivity contribution in [2.45, 2.75) is 58.9 Å². The van der Waals surface area contributed by atoms with Crippen LogP contribution in [0, 0.1) is 39.4 Å². The Balaban J connectivity index is 1.49. The van der Waals surface area contributed by atoms with E-state index in [4.69, 9.17) is 0 Å². The molecule has 1 aromatic rings. The molecular formula is C25H29FN2O. The van der Waals surface area contributed by atoms with E-state index in [0.717, 1.165) is 31.2 Å². The van der Waals surface area contributed by atoms with Crippen LogP contribution in [0.5, 0.6) is 0 Å². The van der Waals surface area contributed by atoms with Crippen molar-refractivity contribution in [1.82, 2.24) is 4.98 Å². The van der Waals surface area contributed by atoms with Crippen molar-refractivity contribution in [1.29, 1.82) is 0 Å². The number of hydrogen-bond acceptors (Lipinski definition) is 3. The predicted molar refractivity (Wildman–Crippen MR) is 113 cm³/mol. The van der Waals surface area contributed by atoms with Crippen LogP contribution in [-0.4, -0.2) is 11.0 Å². The number of rotatable bonds is 2. The van der Waals surface area contributed by atoms with Crippen LogP contribution < -0.4 is 0 Å². The van der Waals surface area contributed by atoms with Gasteiger partial charge in [0.05, 0.1) is 0 Å². The van der Waals surface area contributed by atoms with E-state index >= 15 is 0 Å². The molecule has 4 aliphatic rings. The monoisotopic (exact) mass is 392 g/mol. The van der Waals surface area contributed by atoms with Gasteiger partial charge in [-0.05, 0) is 78.5 Å². The third-order valence-corrected chi connectivity index (χ3v) is 8.62. The Bertz CT molecular complexity index is 946. The van der Waals surface area contributed by atoms with E-state index in [0.29, 0.717) is 17.8 Å². The molecule has 0 radical (unpaired) electrons. The summed E-state index contributed by atoms with van der Waals surface area (Å²) in [7, 11) is 0. The van der Waals surface area contributed by atoms with Gasteiger partial charge in [0.25, 0.3) is 0 Å². The van der Waals surface area contributed by atoms with E-state index in [-0.39, 0.29) is 16.9 Å². The quantitative estimate of drug-likeness (QED) is 0.328. The highest BCUT2D eigenvalue weighted by atomic mass is 19.1. The van der Waals surface area contributed by atoms with Crippen molar-refractivity contribution < 1.29 is 4.39 Å². The lowest BCUT2D eigenvalue weighted by Crippen LogP contribution is -2.49. The topological polar surface area (TPSA) is 42.3 Å². The van der Waals surface area contributed by atoms with Gasteiger partial charge in [-0.3, -0.25) is 0 Å². The molecular weight excluding hydrogens is 363 g/mol. The Morgan fingerprint density at radius 1 is 1.14 bits per heavy atom. The molecule has 0 saturated heterocycles. The van der Waals surface area contributed by atoms with E-state index < -0.39 is 5.95 Å². The van der Waals surface area contributed by atoms with Crippen molar-refractivity contribution in [2.75, 3.05) is 0 Å². The van der Waals surface area contributed by atoms with Gasteiger partial charge in [0.2, 0.25) is 5.95 Å². The van der Waals surface area contributed by atoms with Crippen molar-refractivity contribution in [3.63, 3.8) is 0 Å². The largest absolute Gasteiger partial charge is 0.228 e. The van der Waals surface area contributed by atoms with E-state index in [9.17, 15) is 9.30 Å². The molecule has 0 aromatic carbocycles. The van der Waals surface area contributed by atoms with Crippen LogP contribution in [-0.2, 0) is 0 Å². The minimum absolute atomic E-state index is 0.0134. The first kappa shape index (κ1) is 18.9. The fraction of sp³-hybridized carbons (Fsp3) is 0.560. The fourth-order valence-corrected chi connectivity index (χ4v) is 7.16. The molecule has 0 aliphatic heterocycles. The summed E-state index contributed by atoms with van der Waals surface area (Å²) in [5.41, 5.74) is 5.53. The molecule has 0 amide bonds. The highest BCUT2D eigenvalue weighted by Crippen LogP contribution is 2.66.